The Kier molecular flexibility index (Phi) is 4.52. The van der Waals surface area contributed by atoms with Gasteiger partial charge in [0.15, 0.2) is 5.82 Å². The third-order valence-corrected chi connectivity index (χ3v) is 3.12. The summed E-state index contributed by atoms with van der Waals surface area (Å²) in [5.74, 6) is -0.589. The van der Waals surface area contributed by atoms with Crippen LogP contribution in [-0.4, -0.2) is 34.4 Å². The van der Waals surface area contributed by atoms with Crippen LogP contribution < -0.4 is 5.32 Å². The summed E-state index contributed by atoms with van der Waals surface area (Å²) in [4.78, 5) is 12.3. The van der Waals surface area contributed by atoms with E-state index in [4.69, 9.17) is 4.74 Å². The zero-order valence-electron chi connectivity index (χ0n) is 12.1. The standard InChI is InChI=1S/C14H17FN4O2/c1-4-21-13(20)11(9-5-7-10(15)8-6-9)12-17-18-14(16-2)19(12)3/h5-8,11H,4H2,1-3H3,(H,16,18). The highest BCUT2D eigenvalue weighted by atomic mass is 19.1. The maximum atomic E-state index is 13.1. The molecule has 0 aliphatic rings. The number of hydrogen-bond acceptors (Lipinski definition) is 5. The van der Waals surface area contributed by atoms with E-state index in [-0.39, 0.29) is 12.4 Å². The van der Waals surface area contributed by atoms with Gasteiger partial charge in [0, 0.05) is 14.1 Å². The van der Waals surface area contributed by atoms with Crippen LogP contribution in [0.5, 0.6) is 0 Å². The third-order valence-electron chi connectivity index (χ3n) is 3.12. The van der Waals surface area contributed by atoms with Crippen molar-refractivity contribution >= 4 is 11.9 Å². The highest BCUT2D eigenvalue weighted by Crippen LogP contribution is 2.26. The van der Waals surface area contributed by atoms with E-state index in [9.17, 15) is 9.18 Å². The molecule has 0 spiro atoms. The van der Waals surface area contributed by atoms with Crippen molar-refractivity contribution < 1.29 is 13.9 Å². The zero-order valence-corrected chi connectivity index (χ0v) is 12.1. The largest absolute Gasteiger partial charge is 0.465 e. The first-order valence-electron chi connectivity index (χ1n) is 6.57. The summed E-state index contributed by atoms with van der Waals surface area (Å²) in [6.07, 6.45) is 0. The van der Waals surface area contributed by atoms with Gasteiger partial charge in [0.05, 0.1) is 6.61 Å². The quantitative estimate of drug-likeness (QED) is 0.849. The summed E-state index contributed by atoms with van der Waals surface area (Å²) < 4.78 is 19.9. The number of ether oxygens (including phenoxy) is 1. The van der Waals surface area contributed by atoms with E-state index in [1.54, 1.807) is 37.7 Å². The first-order chi connectivity index (χ1) is 10.1. The average molecular weight is 292 g/mol. The average Bonchev–Trinajstić information content (AvgIpc) is 2.83. The Morgan fingerprint density at radius 1 is 1.38 bits per heavy atom. The summed E-state index contributed by atoms with van der Waals surface area (Å²) in [6, 6.07) is 5.70. The smallest absolute Gasteiger partial charge is 0.321 e. The van der Waals surface area contributed by atoms with Crippen molar-refractivity contribution in [2.45, 2.75) is 12.8 Å². The normalized spacial score (nSPS) is 12.0. The first-order valence-corrected chi connectivity index (χ1v) is 6.57. The van der Waals surface area contributed by atoms with Crippen molar-refractivity contribution in [3.8, 4) is 0 Å². The molecule has 1 N–H and O–H groups in total. The fourth-order valence-electron chi connectivity index (χ4n) is 2.08. The van der Waals surface area contributed by atoms with Gasteiger partial charge in [-0.1, -0.05) is 12.1 Å². The predicted octanol–water partition coefficient (Wildman–Crippen LogP) is 1.69. The van der Waals surface area contributed by atoms with E-state index < -0.39 is 11.9 Å². The van der Waals surface area contributed by atoms with Crippen LogP contribution in [0.4, 0.5) is 10.3 Å². The van der Waals surface area contributed by atoms with Crippen molar-refractivity contribution in [3.05, 3.63) is 41.5 Å². The summed E-state index contributed by atoms with van der Waals surface area (Å²) in [6.45, 7) is 1.99. The van der Waals surface area contributed by atoms with Gasteiger partial charge in [-0.25, -0.2) is 4.39 Å². The number of esters is 1. The molecular formula is C14H17FN4O2. The van der Waals surface area contributed by atoms with Crippen LogP contribution in [0.2, 0.25) is 0 Å². The molecule has 1 heterocycles. The molecule has 2 aromatic rings. The maximum Gasteiger partial charge on any atom is 0.321 e. The Balaban J connectivity index is 2.47. The summed E-state index contributed by atoms with van der Waals surface area (Å²) in [7, 11) is 3.46. The molecular weight excluding hydrogens is 275 g/mol. The molecule has 6 nitrogen and oxygen atoms in total. The Morgan fingerprint density at radius 2 is 2.05 bits per heavy atom. The van der Waals surface area contributed by atoms with Crippen LogP contribution in [0.15, 0.2) is 24.3 Å². The van der Waals surface area contributed by atoms with E-state index in [2.05, 4.69) is 15.5 Å². The van der Waals surface area contributed by atoms with Crippen LogP contribution in [-0.2, 0) is 16.6 Å². The van der Waals surface area contributed by atoms with Crippen LogP contribution in [0, 0.1) is 5.82 Å². The molecule has 2 rings (SSSR count). The number of hydrogen-bond donors (Lipinski definition) is 1. The molecule has 0 fully saturated rings. The van der Waals surface area contributed by atoms with Crippen molar-refractivity contribution in [2.75, 3.05) is 19.0 Å². The number of rotatable bonds is 5. The second-order valence-corrected chi connectivity index (χ2v) is 4.43. The predicted molar refractivity (Wildman–Crippen MR) is 75.4 cm³/mol. The van der Waals surface area contributed by atoms with E-state index in [0.29, 0.717) is 17.3 Å². The Hall–Kier alpha value is -2.44. The lowest BCUT2D eigenvalue weighted by Gasteiger charge is -2.15. The lowest BCUT2D eigenvalue weighted by atomic mass is 9.98. The van der Waals surface area contributed by atoms with Crippen molar-refractivity contribution in [2.24, 2.45) is 7.05 Å². The molecule has 1 aromatic carbocycles. The SMILES string of the molecule is CCOC(=O)C(c1ccc(F)cc1)c1nnc(NC)n1C. The van der Waals surface area contributed by atoms with Crippen molar-refractivity contribution in [1.82, 2.24) is 14.8 Å². The van der Waals surface area contributed by atoms with E-state index >= 15 is 0 Å². The Labute approximate surface area is 121 Å². The van der Waals surface area contributed by atoms with Crippen LogP contribution in [0.25, 0.3) is 0 Å². The number of halogens is 1. The highest BCUT2D eigenvalue weighted by Gasteiger charge is 2.29. The van der Waals surface area contributed by atoms with E-state index in [1.807, 2.05) is 0 Å². The molecule has 0 aliphatic carbocycles. The number of anilines is 1. The minimum Gasteiger partial charge on any atom is -0.465 e. The van der Waals surface area contributed by atoms with Gasteiger partial charge in [0.1, 0.15) is 11.7 Å². The number of aromatic nitrogens is 3. The van der Waals surface area contributed by atoms with Crippen LogP contribution in [0.3, 0.4) is 0 Å². The summed E-state index contributed by atoms with van der Waals surface area (Å²) >= 11 is 0. The van der Waals surface area contributed by atoms with Gasteiger partial charge in [-0.05, 0) is 24.6 Å². The monoisotopic (exact) mass is 292 g/mol. The molecule has 21 heavy (non-hydrogen) atoms. The summed E-state index contributed by atoms with van der Waals surface area (Å²) in [5.41, 5.74) is 0.605. The molecule has 0 saturated heterocycles. The lowest BCUT2D eigenvalue weighted by molar-refractivity contribution is -0.144. The van der Waals surface area contributed by atoms with Crippen molar-refractivity contribution in [3.63, 3.8) is 0 Å². The van der Waals surface area contributed by atoms with Crippen LogP contribution in [0.1, 0.15) is 24.2 Å². The fraction of sp³-hybridized carbons (Fsp3) is 0.357. The number of benzene rings is 1. The van der Waals surface area contributed by atoms with Gasteiger partial charge in [0.25, 0.3) is 0 Å². The molecule has 0 aliphatic heterocycles. The molecule has 7 heteroatoms. The number of nitrogens with zero attached hydrogens (tertiary/aromatic N) is 3. The minimum atomic E-state index is -0.745. The molecule has 1 unspecified atom stereocenters. The molecule has 1 aromatic heterocycles. The Morgan fingerprint density at radius 3 is 2.57 bits per heavy atom. The van der Waals surface area contributed by atoms with Crippen LogP contribution >= 0.6 is 0 Å². The van der Waals surface area contributed by atoms with Gasteiger partial charge in [0.2, 0.25) is 5.95 Å². The topological polar surface area (TPSA) is 69.0 Å². The second-order valence-electron chi connectivity index (χ2n) is 4.43. The maximum absolute atomic E-state index is 13.1. The van der Waals surface area contributed by atoms with Gasteiger partial charge in [-0.2, -0.15) is 0 Å². The molecule has 0 radical (unpaired) electrons. The number of carbonyl (C=O) groups is 1. The second kappa shape index (κ2) is 6.34. The zero-order chi connectivity index (χ0) is 15.4. The number of carbonyl (C=O) groups excluding carboxylic acids is 1. The minimum absolute atomic E-state index is 0.257. The highest BCUT2D eigenvalue weighted by molar-refractivity contribution is 5.81. The van der Waals surface area contributed by atoms with E-state index in [0.717, 1.165) is 0 Å². The van der Waals surface area contributed by atoms with Crippen molar-refractivity contribution in [1.29, 1.82) is 0 Å². The molecule has 0 bridgehead atoms. The fourth-order valence-corrected chi connectivity index (χ4v) is 2.08. The molecule has 0 saturated carbocycles. The van der Waals surface area contributed by atoms with Gasteiger partial charge in [-0.15, -0.1) is 10.2 Å². The van der Waals surface area contributed by atoms with Gasteiger partial charge >= 0.3 is 5.97 Å². The lowest BCUT2D eigenvalue weighted by Crippen LogP contribution is -2.21. The van der Waals surface area contributed by atoms with Gasteiger partial charge < -0.3 is 10.1 Å². The molecule has 112 valence electrons. The van der Waals surface area contributed by atoms with E-state index in [1.165, 1.54) is 12.1 Å². The summed E-state index contributed by atoms with van der Waals surface area (Å²) in [5, 5.41) is 10.9. The third kappa shape index (κ3) is 3.01. The Bertz CT molecular complexity index is 624. The number of nitrogens with one attached hydrogen (secondary N) is 1. The first kappa shape index (κ1) is 15.0. The molecule has 0 amide bonds. The molecule has 1 atom stereocenters. The van der Waals surface area contributed by atoms with Gasteiger partial charge in [-0.3, -0.25) is 9.36 Å².